The number of nitrogens with zero attached hydrogens (tertiary/aromatic N) is 2. The average Bonchev–Trinajstić information content (AvgIpc) is 2.84. The minimum atomic E-state index is -0.273. The van der Waals surface area contributed by atoms with Crippen LogP contribution in [0, 0.1) is 0 Å². The van der Waals surface area contributed by atoms with Crippen molar-refractivity contribution in [3.8, 4) is 5.75 Å². The highest BCUT2D eigenvalue weighted by Gasteiger charge is 2.35. The van der Waals surface area contributed by atoms with Gasteiger partial charge < -0.3 is 14.4 Å². The van der Waals surface area contributed by atoms with Crippen LogP contribution in [0.5, 0.6) is 5.75 Å². The van der Waals surface area contributed by atoms with Gasteiger partial charge in [-0.2, -0.15) is 0 Å². The molecule has 0 amide bonds. The molecule has 0 saturated carbocycles. The van der Waals surface area contributed by atoms with Crippen LogP contribution in [0.25, 0.3) is 0 Å². The third-order valence-corrected chi connectivity index (χ3v) is 6.53. The van der Waals surface area contributed by atoms with Crippen molar-refractivity contribution in [1.82, 2.24) is 4.90 Å². The average molecular weight is 401 g/mol. The Morgan fingerprint density at radius 1 is 1.18 bits per heavy atom. The number of carbonyl (C=O) groups excluding carboxylic acids is 1. The molecule has 0 saturated heterocycles. The van der Waals surface area contributed by atoms with E-state index in [0.717, 1.165) is 11.3 Å². The highest BCUT2D eigenvalue weighted by atomic mass is 32.2. The van der Waals surface area contributed by atoms with E-state index < -0.39 is 0 Å². The summed E-state index contributed by atoms with van der Waals surface area (Å²) in [5, 5.41) is -0.00433. The summed E-state index contributed by atoms with van der Waals surface area (Å²) < 4.78 is 11.1. The van der Waals surface area contributed by atoms with E-state index in [1.807, 2.05) is 12.1 Å². The van der Waals surface area contributed by atoms with Gasteiger partial charge in [0, 0.05) is 11.8 Å². The van der Waals surface area contributed by atoms with E-state index >= 15 is 0 Å². The van der Waals surface area contributed by atoms with Crippen LogP contribution >= 0.6 is 11.8 Å². The number of hydrogen-bond acceptors (Lipinski definition) is 6. The minimum Gasteiger partial charge on any atom is -0.497 e. The predicted molar refractivity (Wildman–Crippen MR) is 114 cm³/mol. The first-order valence-corrected chi connectivity index (χ1v) is 10.3. The van der Waals surface area contributed by atoms with E-state index in [-0.39, 0.29) is 23.5 Å². The van der Waals surface area contributed by atoms with Crippen molar-refractivity contribution in [2.24, 2.45) is 0 Å². The monoisotopic (exact) mass is 400 g/mol. The Balaban J connectivity index is 2.05. The third-order valence-electron chi connectivity index (χ3n) is 5.10. The second-order valence-electron chi connectivity index (χ2n) is 7.18. The number of thioether (sulfide) groups is 1. The lowest BCUT2D eigenvalue weighted by Crippen LogP contribution is -2.47. The molecule has 1 heterocycles. The van der Waals surface area contributed by atoms with Crippen LogP contribution in [0.3, 0.4) is 0 Å². The highest BCUT2D eigenvalue weighted by Crippen LogP contribution is 2.47. The number of esters is 1. The maximum atomic E-state index is 11.9. The van der Waals surface area contributed by atoms with Gasteiger partial charge in [0.05, 0.1) is 30.8 Å². The summed E-state index contributed by atoms with van der Waals surface area (Å²) >= 11 is 1.75. The lowest BCUT2D eigenvalue weighted by atomic mass is 10.1. The Morgan fingerprint density at radius 2 is 1.86 bits per heavy atom. The van der Waals surface area contributed by atoms with Crippen LogP contribution in [0.1, 0.15) is 24.7 Å². The molecule has 2 aromatic carbocycles. The summed E-state index contributed by atoms with van der Waals surface area (Å²) in [7, 11) is 5.79. The van der Waals surface area contributed by atoms with Crippen LogP contribution in [-0.4, -0.2) is 50.9 Å². The highest BCUT2D eigenvalue weighted by molar-refractivity contribution is 7.99. The maximum Gasteiger partial charge on any atom is 0.303 e. The smallest absolute Gasteiger partial charge is 0.303 e. The molecule has 5 nitrogen and oxygen atoms in total. The number of anilines is 1. The summed E-state index contributed by atoms with van der Waals surface area (Å²) in [6.07, 6.45) is -0.111. The van der Waals surface area contributed by atoms with Crippen molar-refractivity contribution < 1.29 is 14.3 Å². The largest absolute Gasteiger partial charge is 0.497 e. The summed E-state index contributed by atoms with van der Waals surface area (Å²) in [5.74, 6) is 0.558. The van der Waals surface area contributed by atoms with Crippen molar-refractivity contribution in [2.75, 3.05) is 32.6 Å². The summed E-state index contributed by atoms with van der Waals surface area (Å²) in [5.41, 5.74) is 2.29. The van der Waals surface area contributed by atoms with Crippen molar-refractivity contribution >= 4 is 23.4 Å². The van der Waals surface area contributed by atoms with Gasteiger partial charge in [0.25, 0.3) is 0 Å². The van der Waals surface area contributed by atoms with Gasteiger partial charge in [0.15, 0.2) is 0 Å². The summed E-state index contributed by atoms with van der Waals surface area (Å²) in [4.78, 5) is 17.6. The molecule has 150 valence electrons. The first-order chi connectivity index (χ1) is 13.4. The quantitative estimate of drug-likeness (QED) is 0.701. The van der Waals surface area contributed by atoms with Gasteiger partial charge in [0.1, 0.15) is 11.9 Å². The summed E-state index contributed by atoms with van der Waals surface area (Å²) in [6.45, 7) is 4.27. The van der Waals surface area contributed by atoms with Gasteiger partial charge in [-0.05, 0) is 50.8 Å². The number of rotatable bonds is 5. The number of carbonyl (C=O) groups is 1. The Labute approximate surface area is 171 Å². The molecule has 0 spiro atoms. The molecule has 1 aliphatic heterocycles. The van der Waals surface area contributed by atoms with Crippen LogP contribution in [0.4, 0.5) is 5.69 Å². The van der Waals surface area contributed by atoms with Gasteiger partial charge in [-0.1, -0.05) is 24.3 Å². The van der Waals surface area contributed by atoms with Crippen LogP contribution < -0.4 is 9.64 Å². The SMILES string of the molecule is COc1ccc(C2Sc3ccccc3N(C(C)N(C)C)CC2OC(C)=O)cc1. The van der Waals surface area contributed by atoms with Crippen LogP contribution in [-0.2, 0) is 9.53 Å². The third kappa shape index (κ3) is 4.45. The number of methoxy groups -OCH3 is 1. The van der Waals surface area contributed by atoms with E-state index in [2.05, 4.69) is 67.2 Å². The fourth-order valence-corrected chi connectivity index (χ4v) is 4.74. The van der Waals surface area contributed by atoms with Gasteiger partial charge >= 0.3 is 5.97 Å². The molecule has 3 unspecified atom stereocenters. The second-order valence-corrected chi connectivity index (χ2v) is 8.36. The van der Waals surface area contributed by atoms with Gasteiger partial charge in [-0.3, -0.25) is 9.69 Å². The molecule has 1 aliphatic rings. The lowest BCUT2D eigenvalue weighted by molar-refractivity contribution is -0.146. The second kappa shape index (κ2) is 8.88. The van der Waals surface area contributed by atoms with E-state index in [9.17, 15) is 4.79 Å². The van der Waals surface area contributed by atoms with E-state index in [1.54, 1.807) is 18.9 Å². The van der Waals surface area contributed by atoms with E-state index in [0.29, 0.717) is 6.54 Å². The molecule has 28 heavy (non-hydrogen) atoms. The molecule has 0 aromatic heterocycles. The molecular formula is C22H28N2O3S. The number of para-hydroxylation sites is 1. The molecule has 0 N–H and O–H groups in total. The topological polar surface area (TPSA) is 42.0 Å². The Bertz CT molecular complexity index is 810. The normalized spacial score (nSPS) is 20.3. The van der Waals surface area contributed by atoms with E-state index in [4.69, 9.17) is 9.47 Å². The molecule has 0 fully saturated rings. The molecule has 3 rings (SSSR count). The number of hydrogen-bond donors (Lipinski definition) is 0. The van der Waals surface area contributed by atoms with E-state index in [1.165, 1.54) is 17.5 Å². The molecule has 0 radical (unpaired) electrons. The molecule has 3 atom stereocenters. The Hall–Kier alpha value is -2.18. The van der Waals surface area contributed by atoms with Crippen molar-refractivity contribution in [2.45, 2.75) is 36.3 Å². The number of benzene rings is 2. The zero-order chi connectivity index (χ0) is 20.3. The standard InChI is InChI=1S/C22H28N2O3S/c1-15(23(3)4)24-14-20(27-16(2)25)22(17-10-12-18(26-5)13-11-17)28-21-9-7-6-8-19(21)24/h6-13,15,20,22H,14H2,1-5H3. The lowest BCUT2D eigenvalue weighted by Gasteiger charge is -2.37. The Kier molecular flexibility index (Phi) is 6.52. The number of ether oxygens (including phenoxy) is 2. The first-order valence-electron chi connectivity index (χ1n) is 9.40. The molecule has 6 heteroatoms. The Morgan fingerprint density at radius 3 is 2.46 bits per heavy atom. The number of fused-ring (bicyclic) bond motifs is 1. The molecule has 2 aromatic rings. The predicted octanol–water partition coefficient (Wildman–Crippen LogP) is 4.19. The van der Waals surface area contributed by atoms with Gasteiger partial charge in [-0.25, -0.2) is 0 Å². The molecule has 0 aliphatic carbocycles. The zero-order valence-corrected chi connectivity index (χ0v) is 17.9. The maximum absolute atomic E-state index is 11.9. The molecule has 0 bridgehead atoms. The van der Waals surface area contributed by atoms with Gasteiger partial charge in [-0.15, -0.1) is 11.8 Å². The van der Waals surface area contributed by atoms with Crippen LogP contribution in [0.15, 0.2) is 53.4 Å². The fourth-order valence-electron chi connectivity index (χ4n) is 3.42. The van der Waals surface area contributed by atoms with Crippen molar-refractivity contribution in [3.63, 3.8) is 0 Å². The first kappa shape index (κ1) is 20.6. The van der Waals surface area contributed by atoms with Crippen molar-refractivity contribution in [3.05, 3.63) is 54.1 Å². The fraction of sp³-hybridized carbons (Fsp3) is 0.409. The zero-order valence-electron chi connectivity index (χ0n) is 17.1. The minimum absolute atomic E-state index is 0.00433. The summed E-state index contributed by atoms with van der Waals surface area (Å²) in [6, 6.07) is 16.4. The van der Waals surface area contributed by atoms with Crippen molar-refractivity contribution in [1.29, 1.82) is 0 Å². The van der Waals surface area contributed by atoms with Gasteiger partial charge in [0.2, 0.25) is 0 Å². The van der Waals surface area contributed by atoms with Crippen LogP contribution in [0.2, 0.25) is 0 Å². The molecular weight excluding hydrogens is 372 g/mol.